The van der Waals surface area contributed by atoms with Gasteiger partial charge in [-0.05, 0) is 31.8 Å². The SMILES string of the molecule is CC1CCN(C([S-])[S-])CC1.[Au]. The second kappa shape index (κ2) is 5.95. The number of nitrogens with zero attached hydrogens (tertiary/aromatic N) is 1. The van der Waals surface area contributed by atoms with Gasteiger partial charge in [-0.15, -0.1) is 0 Å². The van der Waals surface area contributed by atoms with Crippen LogP contribution in [0.2, 0.25) is 0 Å². The van der Waals surface area contributed by atoms with Crippen molar-refractivity contribution in [2.75, 3.05) is 13.1 Å². The van der Waals surface area contributed by atoms with E-state index in [1.165, 1.54) is 12.8 Å². The molecule has 0 aromatic carbocycles. The van der Waals surface area contributed by atoms with Crippen LogP contribution in [0.1, 0.15) is 19.8 Å². The molecule has 0 aromatic heterocycles. The Kier molecular flexibility index (Phi) is 6.70. The maximum atomic E-state index is 4.98. The molecule has 1 aliphatic heterocycles. The monoisotopic (exact) mass is 372 g/mol. The Morgan fingerprint density at radius 2 is 1.73 bits per heavy atom. The minimum absolute atomic E-state index is 0. The maximum absolute atomic E-state index is 4.98. The van der Waals surface area contributed by atoms with Crippen LogP contribution < -0.4 is 0 Å². The van der Waals surface area contributed by atoms with Crippen LogP contribution >= 0.6 is 0 Å². The van der Waals surface area contributed by atoms with Crippen LogP contribution in [0.25, 0.3) is 0 Å². The average Bonchev–Trinajstić information content (AvgIpc) is 1.88. The van der Waals surface area contributed by atoms with Gasteiger partial charge in [-0.25, -0.2) is 4.71 Å². The van der Waals surface area contributed by atoms with E-state index < -0.39 is 0 Å². The van der Waals surface area contributed by atoms with Gasteiger partial charge in [0, 0.05) is 22.4 Å². The fourth-order valence-corrected chi connectivity index (χ4v) is 1.66. The first-order valence-corrected chi connectivity index (χ1v) is 4.70. The molecule has 1 rings (SSSR count). The van der Waals surface area contributed by atoms with Gasteiger partial charge < -0.3 is 30.2 Å². The first-order valence-electron chi connectivity index (χ1n) is 3.76. The molecule has 0 aliphatic carbocycles. The second-order valence-electron chi connectivity index (χ2n) is 3.03. The van der Waals surface area contributed by atoms with E-state index in [1.54, 1.807) is 0 Å². The van der Waals surface area contributed by atoms with Gasteiger partial charge in [0.05, 0.1) is 0 Å². The molecule has 0 atom stereocenters. The van der Waals surface area contributed by atoms with E-state index >= 15 is 0 Å². The Bertz CT molecular complexity index is 103. The van der Waals surface area contributed by atoms with Crippen LogP contribution in [-0.2, 0) is 47.6 Å². The molecule has 1 nitrogen and oxygen atoms in total. The molecule has 0 bridgehead atoms. The Morgan fingerprint density at radius 3 is 2.09 bits per heavy atom. The molecule has 0 saturated carbocycles. The standard InChI is InChI=1S/C7H15NS2.Au/c1-6-2-4-8(5-3-6)7(9)10;/h6-7,9-10H,2-5H2,1H3;/p-2. The molecule has 1 saturated heterocycles. The molecule has 1 radical (unpaired) electrons. The summed E-state index contributed by atoms with van der Waals surface area (Å²) in [6, 6.07) is 0. The summed E-state index contributed by atoms with van der Waals surface area (Å²) in [5.74, 6) is 0.875. The summed E-state index contributed by atoms with van der Waals surface area (Å²) in [5.41, 5.74) is 0. The summed E-state index contributed by atoms with van der Waals surface area (Å²) in [5, 5.41) is 0. The van der Waals surface area contributed by atoms with E-state index in [0.29, 0.717) is 0 Å². The molecule has 0 amide bonds. The molecule has 4 heteroatoms. The normalized spacial score (nSPS) is 21.8. The van der Waals surface area contributed by atoms with Crippen LogP contribution in [0.15, 0.2) is 0 Å². The van der Waals surface area contributed by atoms with Crippen LogP contribution in [0, 0.1) is 5.92 Å². The van der Waals surface area contributed by atoms with Gasteiger partial charge in [0.15, 0.2) is 0 Å². The zero-order valence-corrected chi connectivity index (χ0v) is 10.3. The van der Waals surface area contributed by atoms with Crippen molar-refractivity contribution in [3.05, 3.63) is 0 Å². The number of likely N-dealkylation sites (tertiary alicyclic amines) is 1. The van der Waals surface area contributed by atoms with Gasteiger partial charge >= 0.3 is 0 Å². The third kappa shape index (κ3) is 4.25. The van der Waals surface area contributed by atoms with Crippen LogP contribution in [-0.4, -0.2) is 22.7 Å². The quantitative estimate of drug-likeness (QED) is 0.501. The van der Waals surface area contributed by atoms with Crippen molar-refractivity contribution in [3.8, 4) is 0 Å². The molecule has 1 aliphatic rings. The van der Waals surface area contributed by atoms with E-state index in [0.717, 1.165) is 19.0 Å². The fraction of sp³-hybridized carbons (Fsp3) is 1.00. The first-order chi connectivity index (χ1) is 4.70. The van der Waals surface area contributed by atoms with Crippen molar-refractivity contribution < 1.29 is 22.4 Å². The summed E-state index contributed by atoms with van der Waals surface area (Å²) in [7, 11) is 0. The zero-order valence-electron chi connectivity index (χ0n) is 6.55. The predicted molar refractivity (Wildman–Crippen MR) is 48.5 cm³/mol. The summed E-state index contributed by atoms with van der Waals surface area (Å²) in [4.78, 5) is 2.20. The van der Waals surface area contributed by atoms with E-state index in [-0.39, 0.29) is 27.1 Å². The van der Waals surface area contributed by atoms with Crippen LogP contribution in [0.5, 0.6) is 0 Å². The molecular weight excluding hydrogens is 359 g/mol. The van der Waals surface area contributed by atoms with Crippen molar-refractivity contribution in [3.63, 3.8) is 0 Å². The van der Waals surface area contributed by atoms with Crippen molar-refractivity contribution in [1.29, 1.82) is 0 Å². The Labute approximate surface area is 95.6 Å². The summed E-state index contributed by atoms with van der Waals surface area (Å²) < 4.78 is -0.0764. The molecule has 0 spiro atoms. The van der Waals surface area contributed by atoms with E-state index in [2.05, 4.69) is 11.8 Å². The smallest absolute Gasteiger partial charge is 0 e. The summed E-state index contributed by atoms with van der Waals surface area (Å²) >= 11 is 9.96. The third-order valence-electron chi connectivity index (χ3n) is 2.12. The number of piperidine rings is 1. The van der Waals surface area contributed by atoms with Gasteiger partial charge in [0.25, 0.3) is 0 Å². The first kappa shape index (κ1) is 12.4. The number of rotatable bonds is 1. The molecule has 0 aromatic rings. The minimum Gasteiger partial charge on any atom is -0.800 e. The Hall–Kier alpha value is 1.40. The minimum atomic E-state index is -0.0764. The summed E-state index contributed by atoms with van der Waals surface area (Å²) in [6.07, 6.45) is 2.54. The fourth-order valence-electron chi connectivity index (χ4n) is 1.24. The molecule has 1 fully saturated rings. The van der Waals surface area contributed by atoms with Crippen molar-refractivity contribution in [2.45, 2.75) is 24.5 Å². The zero-order chi connectivity index (χ0) is 7.56. The third-order valence-corrected chi connectivity index (χ3v) is 2.71. The number of hydrogen-bond acceptors (Lipinski definition) is 3. The van der Waals surface area contributed by atoms with E-state index in [9.17, 15) is 0 Å². The molecule has 11 heavy (non-hydrogen) atoms. The Balaban J connectivity index is 0.000001000. The van der Waals surface area contributed by atoms with Gasteiger partial charge in [0.2, 0.25) is 0 Å². The van der Waals surface area contributed by atoms with Gasteiger partial charge in [0.1, 0.15) is 0 Å². The topological polar surface area (TPSA) is 3.24 Å². The Morgan fingerprint density at radius 1 is 1.27 bits per heavy atom. The second-order valence-corrected chi connectivity index (χ2v) is 4.22. The van der Waals surface area contributed by atoms with Gasteiger partial charge in [-0.3, -0.25) is 0 Å². The maximum Gasteiger partial charge on any atom is 0 e. The summed E-state index contributed by atoms with van der Waals surface area (Å²) in [6.45, 7) is 4.51. The van der Waals surface area contributed by atoms with Crippen LogP contribution in [0.4, 0.5) is 0 Å². The molecule has 0 unspecified atom stereocenters. The molecule has 71 valence electrons. The number of hydrogen-bond donors (Lipinski definition) is 0. The van der Waals surface area contributed by atoms with E-state index in [4.69, 9.17) is 25.3 Å². The molecule has 1 heterocycles. The van der Waals surface area contributed by atoms with Crippen molar-refractivity contribution in [1.82, 2.24) is 4.90 Å². The van der Waals surface area contributed by atoms with Gasteiger partial charge in [-0.1, -0.05) is 6.92 Å². The van der Waals surface area contributed by atoms with E-state index in [1.807, 2.05) is 0 Å². The van der Waals surface area contributed by atoms with Crippen LogP contribution in [0.3, 0.4) is 0 Å². The average molecular weight is 372 g/mol. The molecular formula is C7H13AuNS2-2. The van der Waals surface area contributed by atoms with Gasteiger partial charge in [-0.2, -0.15) is 0 Å². The van der Waals surface area contributed by atoms with Crippen molar-refractivity contribution in [2.24, 2.45) is 5.92 Å². The van der Waals surface area contributed by atoms with Crippen molar-refractivity contribution >= 4 is 25.3 Å². The largest absolute Gasteiger partial charge is 0.800 e. The predicted octanol–water partition coefficient (Wildman–Crippen LogP) is 1.09. The molecule has 0 N–H and O–H groups in total.